The summed E-state index contributed by atoms with van der Waals surface area (Å²) >= 11 is 3.46. The molecule has 1 amide bonds. The highest BCUT2D eigenvalue weighted by atomic mass is 79.9. The molecule has 1 rings (SSSR count). The lowest BCUT2D eigenvalue weighted by atomic mass is 10.1. The third-order valence-corrected chi connectivity index (χ3v) is 3.64. The molecule has 0 fully saturated rings. The van der Waals surface area contributed by atoms with Gasteiger partial charge >= 0.3 is 0 Å². The molecule has 0 saturated heterocycles. The molecule has 0 aliphatic rings. The number of carbonyl (C=O) groups excluding carboxylic acids is 1. The number of hydrogen-bond donors (Lipinski definition) is 0. The summed E-state index contributed by atoms with van der Waals surface area (Å²) in [6.45, 7) is 4.42. The van der Waals surface area contributed by atoms with E-state index in [1.54, 1.807) is 19.1 Å². The second-order valence-electron chi connectivity index (χ2n) is 4.61. The van der Waals surface area contributed by atoms with E-state index in [0.29, 0.717) is 31.9 Å². The van der Waals surface area contributed by atoms with Crippen LogP contribution in [0.3, 0.4) is 0 Å². The second-order valence-corrected chi connectivity index (χ2v) is 5.47. The minimum absolute atomic E-state index is 0.0185. The third-order valence-electron chi connectivity index (χ3n) is 2.98. The number of rotatable bonds is 8. The van der Waals surface area contributed by atoms with E-state index in [9.17, 15) is 4.79 Å². The van der Waals surface area contributed by atoms with Gasteiger partial charge in [-0.25, -0.2) is 0 Å². The molecule has 0 aromatic heterocycles. The summed E-state index contributed by atoms with van der Waals surface area (Å²) in [6.07, 6.45) is 0.815. The van der Waals surface area contributed by atoms with Crippen molar-refractivity contribution in [3.05, 3.63) is 33.8 Å². The first kappa shape index (κ1) is 17.1. The highest BCUT2D eigenvalue weighted by Crippen LogP contribution is 2.20. The summed E-state index contributed by atoms with van der Waals surface area (Å²) in [5.74, 6) is 0.0185. The van der Waals surface area contributed by atoms with Crippen LogP contribution in [0.4, 0.5) is 0 Å². The smallest absolute Gasteiger partial charge is 0.255 e. The normalized spacial score (nSPS) is 10.6. The molecule has 1 aromatic rings. The molecule has 0 N–H and O–H groups in total. The zero-order valence-electron chi connectivity index (χ0n) is 12.3. The van der Waals surface area contributed by atoms with Crippen LogP contribution >= 0.6 is 15.9 Å². The fourth-order valence-electron chi connectivity index (χ4n) is 1.88. The van der Waals surface area contributed by atoms with E-state index in [1.165, 1.54) is 0 Å². The van der Waals surface area contributed by atoms with Crippen LogP contribution < -0.4 is 0 Å². The minimum Gasteiger partial charge on any atom is -0.385 e. The highest BCUT2D eigenvalue weighted by molar-refractivity contribution is 9.10. The van der Waals surface area contributed by atoms with Gasteiger partial charge < -0.3 is 14.4 Å². The summed E-state index contributed by atoms with van der Waals surface area (Å²) in [7, 11) is 3.30. The third kappa shape index (κ3) is 5.23. The van der Waals surface area contributed by atoms with E-state index in [1.807, 2.05) is 25.1 Å². The Morgan fingerprint density at radius 2 is 1.90 bits per heavy atom. The Morgan fingerprint density at radius 1 is 1.20 bits per heavy atom. The van der Waals surface area contributed by atoms with Crippen molar-refractivity contribution in [1.29, 1.82) is 0 Å². The SMILES string of the molecule is COCCCN(CCOC)C(=O)c1ccc(C)cc1Br. The van der Waals surface area contributed by atoms with Crippen molar-refractivity contribution >= 4 is 21.8 Å². The molecular formula is C15H22BrNO3. The van der Waals surface area contributed by atoms with Crippen LogP contribution in [0.2, 0.25) is 0 Å². The molecule has 0 aliphatic carbocycles. The molecule has 0 radical (unpaired) electrons. The number of aryl methyl sites for hydroxylation is 1. The zero-order valence-corrected chi connectivity index (χ0v) is 13.9. The van der Waals surface area contributed by atoms with Gasteiger partial charge in [-0.2, -0.15) is 0 Å². The lowest BCUT2D eigenvalue weighted by Gasteiger charge is -2.23. The van der Waals surface area contributed by atoms with Crippen molar-refractivity contribution in [3.8, 4) is 0 Å². The van der Waals surface area contributed by atoms with Crippen molar-refractivity contribution in [2.24, 2.45) is 0 Å². The monoisotopic (exact) mass is 343 g/mol. The quantitative estimate of drug-likeness (QED) is 0.681. The van der Waals surface area contributed by atoms with Gasteiger partial charge in [0.1, 0.15) is 0 Å². The first-order valence-corrected chi connectivity index (χ1v) is 7.42. The number of hydrogen-bond acceptors (Lipinski definition) is 3. The van der Waals surface area contributed by atoms with Crippen molar-refractivity contribution in [1.82, 2.24) is 4.90 Å². The average molecular weight is 344 g/mol. The summed E-state index contributed by atoms with van der Waals surface area (Å²) in [4.78, 5) is 14.4. The maximum absolute atomic E-state index is 12.6. The van der Waals surface area contributed by atoms with Crippen LogP contribution in [-0.4, -0.2) is 51.3 Å². The standard InChI is InChI=1S/C15H22BrNO3/c1-12-5-6-13(14(16)11-12)15(18)17(8-10-20-3)7-4-9-19-2/h5-6,11H,4,7-10H2,1-3H3. The van der Waals surface area contributed by atoms with Crippen LogP contribution in [0.15, 0.2) is 22.7 Å². The molecule has 1 aromatic carbocycles. The molecule has 4 nitrogen and oxygen atoms in total. The van der Waals surface area contributed by atoms with Crippen LogP contribution in [0.25, 0.3) is 0 Å². The molecule has 0 spiro atoms. The predicted molar refractivity (Wildman–Crippen MR) is 83.2 cm³/mol. The Labute approximate surface area is 129 Å². The van der Waals surface area contributed by atoms with Crippen molar-refractivity contribution in [2.75, 3.05) is 40.5 Å². The molecular weight excluding hydrogens is 322 g/mol. The highest BCUT2D eigenvalue weighted by Gasteiger charge is 2.17. The molecule has 0 heterocycles. The van der Waals surface area contributed by atoms with Gasteiger partial charge in [-0.1, -0.05) is 6.07 Å². The van der Waals surface area contributed by atoms with Gasteiger partial charge in [0.15, 0.2) is 0 Å². The number of carbonyl (C=O) groups is 1. The Bertz CT molecular complexity index is 437. The minimum atomic E-state index is 0.0185. The van der Waals surface area contributed by atoms with E-state index in [4.69, 9.17) is 9.47 Å². The molecule has 20 heavy (non-hydrogen) atoms. The summed E-state index contributed by atoms with van der Waals surface area (Å²) in [5.41, 5.74) is 1.81. The van der Waals surface area contributed by atoms with Gasteiger partial charge in [0.05, 0.1) is 12.2 Å². The van der Waals surface area contributed by atoms with Crippen LogP contribution in [0.1, 0.15) is 22.3 Å². The van der Waals surface area contributed by atoms with Crippen LogP contribution in [0.5, 0.6) is 0 Å². The fourth-order valence-corrected chi connectivity index (χ4v) is 2.54. The number of benzene rings is 1. The van der Waals surface area contributed by atoms with Gasteiger partial charge in [0.2, 0.25) is 0 Å². The van der Waals surface area contributed by atoms with E-state index in [0.717, 1.165) is 16.5 Å². The summed E-state index contributed by atoms with van der Waals surface area (Å²) < 4.78 is 11.0. The Kier molecular flexibility index (Phi) is 7.80. The van der Waals surface area contributed by atoms with Gasteiger partial charge in [-0.3, -0.25) is 4.79 Å². The second kappa shape index (κ2) is 9.10. The molecule has 5 heteroatoms. The Morgan fingerprint density at radius 3 is 2.50 bits per heavy atom. The van der Waals surface area contributed by atoms with Crippen molar-refractivity contribution in [2.45, 2.75) is 13.3 Å². The van der Waals surface area contributed by atoms with Crippen LogP contribution in [-0.2, 0) is 9.47 Å². The molecule has 0 bridgehead atoms. The Balaban J connectivity index is 2.79. The summed E-state index contributed by atoms with van der Waals surface area (Å²) in [5, 5.41) is 0. The first-order chi connectivity index (χ1) is 9.60. The number of nitrogens with zero attached hydrogens (tertiary/aromatic N) is 1. The van der Waals surface area contributed by atoms with Gasteiger partial charge in [-0.05, 0) is 47.0 Å². The van der Waals surface area contributed by atoms with Gasteiger partial charge in [-0.15, -0.1) is 0 Å². The molecule has 0 atom stereocenters. The maximum Gasteiger partial charge on any atom is 0.255 e. The van der Waals surface area contributed by atoms with Gasteiger partial charge in [0.25, 0.3) is 5.91 Å². The largest absolute Gasteiger partial charge is 0.385 e. The number of ether oxygens (including phenoxy) is 2. The maximum atomic E-state index is 12.6. The fraction of sp³-hybridized carbons (Fsp3) is 0.533. The lowest BCUT2D eigenvalue weighted by molar-refractivity contribution is 0.0673. The average Bonchev–Trinajstić information content (AvgIpc) is 2.42. The van der Waals surface area contributed by atoms with Crippen molar-refractivity contribution < 1.29 is 14.3 Å². The summed E-state index contributed by atoms with van der Waals surface area (Å²) in [6, 6.07) is 5.76. The predicted octanol–water partition coefficient (Wildman–Crippen LogP) is 2.88. The first-order valence-electron chi connectivity index (χ1n) is 6.63. The topological polar surface area (TPSA) is 38.8 Å². The molecule has 0 unspecified atom stereocenters. The number of amides is 1. The van der Waals surface area contributed by atoms with E-state index >= 15 is 0 Å². The number of halogens is 1. The lowest BCUT2D eigenvalue weighted by Crippen LogP contribution is -2.35. The molecule has 112 valence electrons. The van der Waals surface area contributed by atoms with E-state index in [-0.39, 0.29) is 5.91 Å². The van der Waals surface area contributed by atoms with Crippen molar-refractivity contribution in [3.63, 3.8) is 0 Å². The zero-order chi connectivity index (χ0) is 15.0. The van der Waals surface area contributed by atoms with E-state index < -0.39 is 0 Å². The van der Waals surface area contributed by atoms with E-state index in [2.05, 4.69) is 15.9 Å². The number of methoxy groups -OCH3 is 2. The Hall–Kier alpha value is -0.910. The van der Waals surface area contributed by atoms with Gasteiger partial charge in [0, 0.05) is 38.4 Å². The van der Waals surface area contributed by atoms with Crippen LogP contribution in [0, 0.1) is 6.92 Å². The molecule has 0 aliphatic heterocycles. The molecule has 0 saturated carbocycles.